The molecule has 2 atom stereocenters. The quantitative estimate of drug-likeness (QED) is 0.0778. The van der Waals surface area contributed by atoms with Gasteiger partial charge < -0.3 is 52.3 Å². The van der Waals surface area contributed by atoms with Crippen molar-refractivity contribution < 1.29 is 49.2 Å². The number of rotatable bonds is 16. The topological polar surface area (TPSA) is 256 Å². The highest BCUT2D eigenvalue weighted by molar-refractivity contribution is 6.33. The van der Waals surface area contributed by atoms with Gasteiger partial charge in [0.2, 0.25) is 23.4 Å². The van der Waals surface area contributed by atoms with Crippen molar-refractivity contribution in [1.82, 2.24) is 21.3 Å². The Kier molecular flexibility index (Phi) is 12.6. The summed E-state index contributed by atoms with van der Waals surface area (Å²) in [4.78, 5) is 75.0. The summed E-state index contributed by atoms with van der Waals surface area (Å²) in [7, 11) is 0. The monoisotopic (exact) mass is 670 g/mol. The van der Waals surface area contributed by atoms with E-state index in [1.807, 2.05) is 27.7 Å². The molecule has 10 N–H and O–H groups in total. The SMILES string of the molecule is CC(C)CC(NC(=O)O)C(=O)NCCNc1ccc(NCCNC(=O)C(CC(C)C)NC(=O)O)c2c1C(=O)c1c(O)ccc(O)c1C2=O. The fourth-order valence-electron chi connectivity index (χ4n) is 5.38. The number of phenolic OH excluding ortho intramolecular Hbond substituents is 2. The maximum Gasteiger partial charge on any atom is 0.405 e. The summed E-state index contributed by atoms with van der Waals surface area (Å²) in [6, 6.07) is 3.30. The van der Waals surface area contributed by atoms with Crippen molar-refractivity contribution in [2.75, 3.05) is 36.8 Å². The van der Waals surface area contributed by atoms with Crippen molar-refractivity contribution in [3.8, 4) is 11.5 Å². The maximum absolute atomic E-state index is 13.8. The molecule has 16 heteroatoms. The first-order valence-corrected chi connectivity index (χ1v) is 15.5. The zero-order valence-corrected chi connectivity index (χ0v) is 27.1. The summed E-state index contributed by atoms with van der Waals surface area (Å²) in [5, 5.41) is 54.8. The number of nitrogens with one attached hydrogen (secondary N) is 6. The second-order valence-corrected chi connectivity index (χ2v) is 12.1. The van der Waals surface area contributed by atoms with Crippen LogP contribution in [0.1, 0.15) is 72.4 Å². The molecule has 0 radical (unpaired) electrons. The zero-order chi connectivity index (χ0) is 35.7. The minimum atomic E-state index is -1.33. The first-order valence-electron chi connectivity index (χ1n) is 15.5. The Morgan fingerprint density at radius 1 is 0.583 bits per heavy atom. The number of phenols is 2. The number of carboxylic acid groups (broad SMARTS) is 2. The van der Waals surface area contributed by atoms with Gasteiger partial charge in [0.15, 0.2) is 0 Å². The standard InChI is InChI=1S/C32H42N6O10/c1-15(2)13-19(37-31(45)46)29(43)35-11-9-33-17-5-6-18(34-10-12-36-30(44)20(14-16(3)4)38-32(47)48)24-23(17)27(41)25-21(39)7-8-22(40)26(25)28(24)42/h5-8,15-16,19-20,33-34,37-40H,9-14H2,1-4H3,(H,35,43)(H,36,44)(H,45,46)(H,47,48). The van der Waals surface area contributed by atoms with Gasteiger partial charge in [-0.25, -0.2) is 9.59 Å². The van der Waals surface area contributed by atoms with Crippen LogP contribution in [0.2, 0.25) is 0 Å². The highest BCUT2D eigenvalue weighted by Gasteiger charge is 2.38. The minimum Gasteiger partial charge on any atom is -0.507 e. The van der Waals surface area contributed by atoms with Crippen LogP contribution in [0.25, 0.3) is 0 Å². The summed E-state index contributed by atoms with van der Waals surface area (Å²) < 4.78 is 0. The first kappa shape index (κ1) is 36.9. The summed E-state index contributed by atoms with van der Waals surface area (Å²) in [5.74, 6) is -3.46. The van der Waals surface area contributed by atoms with Gasteiger partial charge in [-0.1, -0.05) is 27.7 Å². The Morgan fingerprint density at radius 3 is 1.25 bits per heavy atom. The van der Waals surface area contributed by atoms with Gasteiger partial charge >= 0.3 is 12.2 Å². The van der Waals surface area contributed by atoms with Gasteiger partial charge in [0.25, 0.3) is 0 Å². The van der Waals surface area contributed by atoms with Crippen LogP contribution >= 0.6 is 0 Å². The normalized spacial score (nSPS) is 13.2. The van der Waals surface area contributed by atoms with Crippen molar-refractivity contribution in [3.63, 3.8) is 0 Å². The largest absolute Gasteiger partial charge is 0.507 e. The van der Waals surface area contributed by atoms with E-state index in [0.29, 0.717) is 0 Å². The smallest absolute Gasteiger partial charge is 0.405 e. The number of hydrogen-bond donors (Lipinski definition) is 10. The molecule has 2 aromatic carbocycles. The van der Waals surface area contributed by atoms with Crippen LogP contribution in [0.5, 0.6) is 11.5 Å². The predicted molar refractivity (Wildman–Crippen MR) is 175 cm³/mol. The Bertz CT molecular complexity index is 1460. The van der Waals surface area contributed by atoms with Crippen molar-refractivity contribution in [1.29, 1.82) is 0 Å². The number of aromatic hydroxyl groups is 2. The van der Waals surface area contributed by atoms with Gasteiger partial charge in [0, 0.05) is 37.6 Å². The Morgan fingerprint density at radius 2 is 0.938 bits per heavy atom. The molecule has 0 aromatic heterocycles. The predicted octanol–water partition coefficient (Wildman–Crippen LogP) is 2.29. The van der Waals surface area contributed by atoms with Crippen LogP contribution in [0, 0.1) is 11.8 Å². The van der Waals surface area contributed by atoms with Gasteiger partial charge in [-0.05, 0) is 48.9 Å². The highest BCUT2D eigenvalue weighted by Crippen LogP contribution is 2.42. The molecule has 0 bridgehead atoms. The molecule has 0 saturated heterocycles. The third-order valence-corrected chi connectivity index (χ3v) is 7.40. The molecule has 0 spiro atoms. The average molecular weight is 671 g/mol. The molecular weight excluding hydrogens is 628 g/mol. The number of amides is 4. The second kappa shape index (κ2) is 16.3. The summed E-state index contributed by atoms with van der Waals surface area (Å²) in [6.07, 6.45) is -2.11. The molecule has 1 aliphatic rings. The Balaban J connectivity index is 1.81. The van der Waals surface area contributed by atoms with Crippen LogP contribution < -0.4 is 31.9 Å². The number of carbonyl (C=O) groups is 6. The van der Waals surface area contributed by atoms with E-state index in [-0.39, 0.29) is 84.5 Å². The summed E-state index contributed by atoms with van der Waals surface area (Å²) >= 11 is 0. The van der Waals surface area contributed by atoms with E-state index in [2.05, 4.69) is 31.9 Å². The van der Waals surface area contributed by atoms with E-state index in [4.69, 9.17) is 10.2 Å². The van der Waals surface area contributed by atoms with Crippen LogP contribution in [0.3, 0.4) is 0 Å². The molecule has 260 valence electrons. The van der Waals surface area contributed by atoms with E-state index in [1.165, 1.54) is 12.1 Å². The van der Waals surface area contributed by atoms with E-state index in [9.17, 15) is 39.0 Å². The molecule has 48 heavy (non-hydrogen) atoms. The van der Waals surface area contributed by atoms with Crippen molar-refractivity contribution in [2.24, 2.45) is 11.8 Å². The lowest BCUT2D eigenvalue weighted by Gasteiger charge is -2.25. The van der Waals surface area contributed by atoms with Crippen molar-refractivity contribution >= 4 is 46.9 Å². The zero-order valence-electron chi connectivity index (χ0n) is 27.1. The minimum absolute atomic E-state index is 0.0303. The van der Waals surface area contributed by atoms with Gasteiger partial charge in [0.05, 0.1) is 22.3 Å². The molecule has 2 aromatic rings. The van der Waals surface area contributed by atoms with Crippen LogP contribution in [0.15, 0.2) is 24.3 Å². The number of benzene rings is 2. The molecule has 1 aliphatic carbocycles. The first-order chi connectivity index (χ1) is 22.6. The fourth-order valence-corrected chi connectivity index (χ4v) is 5.38. The molecule has 0 aliphatic heterocycles. The molecule has 4 amide bonds. The number of fused-ring (bicyclic) bond motifs is 2. The van der Waals surface area contributed by atoms with E-state index in [0.717, 1.165) is 12.1 Å². The molecule has 2 unspecified atom stereocenters. The third kappa shape index (κ3) is 9.27. The molecule has 0 fully saturated rings. The number of carbonyl (C=O) groups excluding carboxylic acids is 4. The second-order valence-electron chi connectivity index (χ2n) is 12.1. The van der Waals surface area contributed by atoms with Crippen LogP contribution in [-0.4, -0.2) is 94.3 Å². The van der Waals surface area contributed by atoms with Gasteiger partial charge in [-0.3, -0.25) is 19.2 Å². The van der Waals surface area contributed by atoms with E-state index >= 15 is 0 Å². The average Bonchev–Trinajstić information content (AvgIpc) is 2.99. The molecule has 0 saturated carbocycles. The number of anilines is 2. The number of ketones is 2. The lowest BCUT2D eigenvalue weighted by atomic mass is 9.81. The van der Waals surface area contributed by atoms with Crippen LogP contribution in [-0.2, 0) is 9.59 Å². The van der Waals surface area contributed by atoms with Crippen LogP contribution in [0.4, 0.5) is 21.0 Å². The van der Waals surface area contributed by atoms with Crippen molar-refractivity contribution in [3.05, 3.63) is 46.5 Å². The van der Waals surface area contributed by atoms with Gasteiger partial charge in [-0.2, -0.15) is 0 Å². The lowest BCUT2D eigenvalue weighted by molar-refractivity contribution is -0.124. The third-order valence-electron chi connectivity index (χ3n) is 7.40. The lowest BCUT2D eigenvalue weighted by Crippen LogP contribution is -2.47. The molecule has 16 nitrogen and oxygen atoms in total. The maximum atomic E-state index is 13.8. The highest BCUT2D eigenvalue weighted by atomic mass is 16.4. The summed E-state index contributed by atoms with van der Waals surface area (Å²) in [6.45, 7) is 7.59. The fraction of sp³-hybridized carbons (Fsp3) is 0.438. The number of hydrogen-bond acceptors (Lipinski definition) is 10. The molecule has 3 rings (SSSR count). The Hall–Kier alpha value is -5.54. The molecule has 0 heterocycles. The van der Waals surface area contributed by atoms with E-state index in [1.54, 1.807) is 0 Å². The Labute approximate surface area is 276 Å². The van der Waals surface area contributed by atoms with Crippen molar-refractivity contribution in [2.45, 2.75) is 52.6 Å². The van der Waals surface area contributed by atoms with E-state index < -0.39 is 59.2 Å². The summed E-state index contributed by atoms with van der Waals surface area (Å²) in [5.41, 5.74) is -0.534. The molecular formula is C32H42N6O10. The van der Waals surface area contributed by atoms with Gasteiger partial charge in [0.1, 0.15) is 23.6 Å². The van der Waals surface area contributed by atoms with Gasteiger partial charge in [-0.15, -0.1) is 0 Å².